The maximum absolute atomic E-state index is 11.4. The standard InChI is InChI=1S/C14H22N2O2/c1-5-12(16(3)4)13(14(17)18)15-11-8-6-10(2)7-9-11/h6-9,12-13,15H,5H2,1-4H3,(H,17,18). The van der Waals surface area contributed by atoms with E-state index < -0.39 is 12.0 Å². The highest BCUT2D eigenvalue weighted by Crippen LogP contribution is 2.15. The maximum Gasteiger partial charge on any atom is 0.327 e. The van der Waals surface area contributed by atoms with E-state index in [0.29, 0.717) is 0 Å². The van der Waals surface area contributed by atoms with Crippen LogP contribution in [-0.4, -0.2) is 42.2 Å². The zero-order valence-corrected chi connectivity index (χ0v) is 11.5. The summed E-state index contributed by atoms with van der Waals surface area (Å²) >= 11 is 0. The van der Waals surface area contributed by atoms with E-state index in [0.717, 1.165) is 17.7 Å². The Morgan fingerprint density at radius 2 is 1.89 bits per heavy atom. The van der Waals surface area contributed by atoms with Crippen LogP contribution in [0.25, 0.3) is 0 Å². The first-order chi connectivity index (χ1) is 8.45. The molecule has 0 fully saturated rings. The van der Waals surface area contributed by atoms with Gasteiger partial charge in [0.05, 0.1) is 0 Å². The summed E-state index contributed by atoms with van der Waals surface area (Å²) in [4.78, 5) is 13.3. The van der Waals surface area contributed by atoms with Gasteiger partial charge in [0.15, 0.2) is 0 Å². The van der Waals surface area contributed by atoms with E-state index in [4.69, 9.17) is 0 Å². The van der Waals surface area contributed by atoms with Gasteiger partial charge in [-0.15, -0.1) is 0 Å². The quantitative estimate of drug-likeness (QED) is 0.812. The average molecular weight is 250 g/mol. The second-order valence-corrected chi connectivity index (χ2v) is 4.77. The molecule has 2 atom stereocenters. The molecular formula is C14H22N2O2. The van der Waals surface area contributed by atoms with Gasteiger partial charge in [-0.25, -0.2) is 4.79 Å². The summed E-state index contributed by atoms with van der Waals surface area (Å²) in [5.41, 5.74) is 2.00. The predicted molar refractivity (Wildman–Crippen MR) is 74.0 cm³/mol. The third-order valence-corrected chi connectivity index (χ3v) is 3.11. The predicted octanol–water partition coefficient (Wildman–Crippen LogP) is 2.20. The highest BCUT2D eigenvalue weighted by molar-refractivity contribution is 5.78. The lowest BCUT2D eigenvalue weighted by Crippen LogP contribution is -2.47. The highest BCUT2D eigenvalue weighted by Gasteiger charge is 2.28. The Kier molecular flexibility index (Phi) is 5.16. The Labute approximate surface area is 109 Å². The second kappa shape index (κ2) is 6.40. The minimum absolute atomic E-state index is 0.0381. The molecule has 4 nitrogen and oxygen atoms in total. The molecule has 0 spiro atoms. The van der Waals surface area contributed by atoms with Crippen molar-refractivity contribution in [2.45, 2.75) is 32.4 Å². The van der Waals surface area contributed by atoms with Crippen LogP contribution in [0, 0.1) is 6.92 Å². The number of aliphatic carboxylic acids is 1. The van der Waals surface area contributed by atoms with Gasteiger partial charge in [0, 0.05) is 11.7 Å². The number of aryl methyl sites for hydroxylation is 1. The van der Waals surface area contributed by atoms with Crippen LogP contribution in [0.5, 0.6) is 0 Å². The first-order valence-electron chi connectivity index (χ1n) is 6.18. The fourth-order valence-corrected chi connectivity index (χ4v) is 2.05. The molecule has 18 heavy (non-hydrogen) atoms. The SMILES string of the molecule is CCC(C(Nc1ccc(C)cc1)C(=O)O)N(C)C. The molecule has 0 radical (unpaired) electrons. The van der Waals surface area contributed by atoms with Crippen molar-refractivity contribution in [2.24, 2.45) is 0 Å². The number of nitrogens with one attached hydrogen (secondary N) is 1. The Hall–Kier alpha value is -1.55. The van der Waals surface area contributed by atoms with Crippen LogP contribution in [0.2, 0.25) is 0 Å². The molecule has 1 rings (SSSR count). The van der Waals surface area contributed by atoms with Crippen LogP contribution in [0.15, 0.2) is 24.3 Å². The van der Waals surface area contributed by atoms with Crippen molar-refractivity contribution < 1.29 is 9.90 Å². The average Bonchev–Trinajstić information content (AvgIpc) is 2.30. The summed E-state index contributed by atoms with van der Waals surface area (Å²) in [6, 6.07) is 7.12. The van der Waals surface area contributed by atoms with E-state index in [1.807, 2.05) is 57.1 Å². The number of carboxylic acids is 1. The molecule has 1 aromatic carbocycles. The lowest BCUT2D eigenvalue weighted by atomic mass is 10.0. The van der Waals surface area contributed by atoms with Gasteiger partial charge in [-0.05, 0) is 39.6 Å². The largest absolute Gasteiger partial charge is 0.480 e. The molecule has 0 aliphatic carbocycles. The second-order valence-electron chi connectivity index (χ2n) is 4.77. The number of likely N-dealkylation sites (N-methyl/N-ethyl adjacent to an activating group) is 1. The van der Waals surface area contributed by atoms with E-state index in [-0.39, 0.29) is 6.04 Å². The number of hydrogen-bond donors (Lipinski definition) is 2. The molecule has 0 aliphatic heterocycles. The molecule has 0 aliphatic rings. The molecule has 0 bridgehead atoms. The van der Waals surface area contributed by atoms with Gasteiger partial charge in [0.25, 0.3) is 0 Å². The van der Waals surface area contributed by atoms with Crippen LogP contribution in [-0.2, 0) is 4.79 Å². The van der Waals surface area contributed by atoms with Crippen molar-refractivity contribution in [3.8, 4) is 0 Å². The molecular weight excluding hydrogens is 228 g/mol. The minimum Gasteiger partial charge on any atom is -0.480 e. The monoisotopic (exact) mass is 250 g/mol. The Morgan fingerprint density at radius 3 is 2.28 bits per heavy atom. The van der Waals surface area contributed by atoms with Gasteiger partial charge in [-0.2, -0.15) is 0 Å². The Balaban J connectivity index is 2.86. The van der Waals surface area contributed by atoms with E-state index in [2.05, 4.69) is 5.32 Å². The van der Waals surface area contributed by atoms with E-state index in [1.165, 1.54) is 0 Å². The fraction of sp³-hybridized carbons (Fsp3) is 0.500. The fourth-order valence-electron chi connectivity index (χ4n) is 2.05. The molecule has 2 N–H and O–H groups in total. The van der Waals surface area contributed by atoms with Crippen molar-refractivity contribution in [3.63, 3.8) is 0 Å². The van der Waals surface area contributed by atoms with Gasteiger partial charge in [0.1, 0.15) is 6.04 Å². The molecule has 100 valence electrons. The van der Waals surface area contributed by atoms with Gasteiger partial charge in [-0.1, -0.05) is 24.6 Å². The Bertz CT molecular complexity index is 387. The van der Waals surface area contributed by atoms with Gasteiger partial charge < -0.3 is 15.3 Å². The van der Waals surface area contributed by atoms with Crippen LogP contribution in [0.1, 0.15) is 18.9 Å². The Morgan fingerprint density at radius 1 is 1.33 bits per heavy atom. The molecule has 0 saturated heterocycles. The molecule has 0 aromatic heterocycles. The summed E-state index contributed by atoms with van der Waals surface area (Å²) in [5.74, 6) is -0.823. The molecule has 4 heteroatoms. The zero-order chi connectivity index (χ0) is 13.7. The molecule has 2 unspecified atom stereocenters. The third kappa shape index (κ3) is 3.74. The first-order valence-corrected chi connectivity index (χ1v) is 6.18. The summed E-state index contributed by atoms with van der Waals surface area (Å²) in [7, 11) is 3.81. The van der Waals surface area contributed by atoms with Crippen LogP contribution < -0.4 is 5.32 Å². The molecule has 0 amide bonds. The topological polar surface area (TPSA) is 52.6 Å². The summed E-state index contributed by atoms with van der Waals surface area (Å²) in [6.45, 7) is 4.00. The van der Waals surface area contributed by atoms with Crippen LogP contribution >= 0.6 is 0 Å². The smallest absolute Gasteiger partial charge is 0.327 e. The van der Waals surface area contributed by atoms with Crippen molar-refractivity contribution in [2.75, 3.05) is 19.4 Å². The zero-order valence-electron chi connectivity index (χ0n) is 11.5. The number of nitrogens with zero attached hydrogens (tertiary/aromatic N) is 1. The third-order valence-electron chi connectivity index (χ3n) is 3.11. The highest BCUT2D eigenvalue weighted by atomic mass is 16.4. The van der Waals surface area contributed by atoms with E-state index in [9.17, 15) is 9.90 Å². The van der Waals surface area contributed by atoms with Crippen molar-refractivity contribution in [1.29, 1.82) is 0 Å². The van der Waals surface area contributed by atoms with Gasteiger partial charge >= 0.3 is 5.97 Å². The van der Waals surface area contributed by atoms with Gasteiger partial charge in [0.2, 0.25) is 0 Å². The van der Waals surface area contributed by atoms with E-state index >= 15 is 0 Å². The minimum atomic E-state index is -0.823. The van der Waals surface area contributed by atoms with Gasteiger partial charge in [-0.3, -0.25) is 0 Å². The number of carbonyl (C=O) groups is 1. The van der Waals surface area contributed by atoms with E-state index in [1.54, 1.807) is 0 Å². The summed E-state index contributed by atoms with van der Waals surface area (Å²) < 4.78 is 0. The lowest BCUT2D eigenvalue weighted by Gasteiger charge is -2.30. The van der Waals surface area contributed by atoms with Crippen molar-refractivity contribution in [1.82, 2.24) is 4.90 Å². The van der Waals surface area contributed by atoms with Crippen LogP contribution in [0.3, 0.4) is 0 Å². The van der Waals surface area contributed by atoms with Crippen LogP contribution in [0.4, 0.5) is 5.69 Å². The number of anilines is 1. The molecule has 0 heterocycles. The number of hydrogen-bond acceptors (Lipinski definition) is 3. The summed E-state index contributed by atoms with van der Waals surface area (Å²) in [5, 5.41) is 12.4. The number of rotatable bonds is 6. The summed E-state index contributed by atoms with van der Waals surface area (Å²) in [6.07, 6.45) is 0.781. The molecule has 0 saturated carbocycles. The lowest BCUT2D eigenvalue weighted by molar-refractivity contribution is -0.139. The van der Waals surface area contributed by atoms with Crippen molar-refractivity contribution in [3.05, 3.63) is 29.8 Å². The maximum atomic E-state index is 11.4. The normalized spacial score (nSPS) is 14.3. The van der Waals surface area contributed by atoms with Crippen molar-refractivity contribution >= 4 is 11.7 Å². The first kappa shape index (κ1) is 14.5. The molecule has 1 aromatic rings. The number of carboxylic acid groups (broad SMARTS) is 1. The number of benzene rings is 1.